The van der Waals surface area contributed by atoms with Crippen LogP contribution in [0.2, 0.25) is 0 Å². The highest BCUT2D eigenvalue weighted by Gasteiger charge is 2.41. The van der Waals surface area contributed by atoms with Crippen molar-refractivity contribution in [2.45, 2.75) is 37.5 Å². The Labute approximate surface area is 108 Å². The third-order valence-electron chi connectivity index (χ3n) is 4.19. The highest BCUT2D eigenvalue weighted by atomic mass is 16.7. The van der Waals surface area contributed by atoms with Crippen molar-refractivity contribution in [3.63, 3.8) is 0 Å². The van der Waals surface area contributed by atoms with Crippen LogP contribution >= 0.6 is 0 Å². The molecule has 0 N–H and O–H groups in total. The van der Waals surface area contributed by atoms with Gasteiger partial charge in [0.1, 0.15) is 0 Å². The van der Waals surface area contributed by atoms with Crippen molar-refractivity contribution in [3.8, 4) is 0 Å². The lowest BCUT2D eigenvalue weighted by Crippen LogP contribution is -2.43. The van der Waals surface area contributed by atoms with Gasteiger partial charge in [0.2, 0.25) is 5.95 Å². The van der Waals surface area contributed by atoms with Crippen LogP contribution in [0.4, 0.5) is 5.95 Å². The van der Waals surface area contributed by atoms with E-state index in [1.165, 1.54) is 0 Å². The minimum atomic E-state index is -0.265. The Bertz CT molecular complexity index is 402. The van der Waals surface area contributed by atoms with Gasteiger partial charge < -0.3 is 18.9 Å². The zero-order chi connectivity index (χ0) is 12.6. The molecular weight excluding hydrogens is 230 g/mol. The van der Waals surface area contributed by atoms with Crippen molar-refractivity contribution >= 4 is 5.95 Å². The molecule has 1 spiro atoms. The number of hydrogen-bond donors (Lipinski definition) is 0. The number of ether oxygens (including phenoxy) is 2. The summed E-state index contributed by atoms with van der Waals surface area (Å²) in [6, 6.07) is 0.532. The van der Waals surface area contributed by atoms with E-state index in [1.807, 2.05) is 19.4 Å². The number of anilines is 1. The minimum absolute atomic E-state index is 0.265. The molecule has 0 radical (unpaired) electrons. The van der Waals surface area contributed by atoms with Gasteiger partial charge in [0.25, 0.3) is 0 Å². The highest BCUT2D eigenvalue weighted by Crippen LogP contribution is 2.37. The summed E-state index contributed by atoms with van der Waals surface area (Å²) in [6.07, 6.45) is 8.02. The van der Waals surface area contributed by atoms with Crippen molar-refractivity contribution in [1.82, 2.24) is 9.55 Å². The molecule has 5 nitrogen and oxygen atoms in total. The molecule has 1 aromatic rings. The van der Waals surface area contributed by atoms with Gasteiger partial charge in [0.15, 0.2) is 5.79 Å². The molecule has 100 valence electrons. The van der Waals surface area contributed by atoms with Crippen LogP contribution in [-0.2, 0) is 16.5 Å². The van der Waals surface area contributed by atoms with Crippen LogP contribution in [-0.4, -0.2) is 41.6 Å². The first-order valence-corrected chi connectivity index (χ1v) is 6.68. The molecule has 2 fully saturated rings. The van der Waals surface area contributed by atoms with Gasteiger partial charge in [-0.15, -0.1) is 0 Å². The second-order valence-corrected chi connectivity index (χ2v) is 5.29. The maximum absolute atomic E-state index is 5.76. The molecule has 1 aromatic heterocycles. The van der Waals surface area contributed by atoms with Crippen molar-refractivity contribution in [2.75, 3.05) is 25.2 Å². The molecule has 5 heteroatoms. The third kappa shape index (κ3) is 2.01. The lowest BCUT2D eigenvalue weighted by molar-refractivity contribution is -0.178. The number of imidazole rings is 1. The van der Waals surface area contributed by atoms with Gasteiger partial charge in [0.05, 0.1) is 13.2 Å². The van der Waals surface area contributed by atoms with E-state index in [1.54, 1.807) is 0 Å². The average molecular weight is 251 g/mol. The van der Waals surface area contributed by atoms with Crippen LogP contribution in [0.5, 0.6) is 0 Å². The number of rotatable bonds is 2. The summed E-state index contributed by atoms with van der Waals surface area (Å²) in [4.78, 5) is 6.69. The molecule has 0 amide bonds. The Kier molecular flexibility index (Phi) is 3.03. The summed E-state index contributed by atoms with van der Waals surface area (Å²) in [5.41, 5.74) is 0. The van der Waals surface area contributed by atoms with Crippen LogP contribution in [0, 0.1) is 0 Å². The van der Waals surface area contributed by atoms with E-state index in [9.17, 15) is 0 Å². The van der Waals surface area contributed by atoms with E-state index in [-0.39, 0.29) is 5.79 Å². The molecule has 2 aliphatic rings. The number of nitrogens with zero attached hydrogens (tertiary/aromatic N) is 3. The first-order valence-electron chi connectivity index (χ1n) is 6.68. The van der Waals surface area contributed by atoms with Gasteiger partial charge in [-0.25, -0.2) is 4.98 Å². The first kappa shape index (κ1) is 12.0. The van der Waals surface area contributed by atoms with Crippen LogP contribution in [0.1, 0.15) is 25.7 Å². The molecule has 2 heterocycles. The number of hydrogen-bond acceptors (Lipinski definition) is 4. The average Bonchev–Trinajstić information content (AvgIpc) is 2.99. The summed E-state index contributed by atoms with van der Waals surface area (Å²) in [5.74, 6) is 0.767. The van der Waals surface area contributed by atoms with E-state index < -0.39 is 0 Å². The quantitative estimate of drug-likeness (QED) is 0.799. The normalized spacial score (nSPS) is 23.7. The fourth-order valence-corrected chi connectivity index (χ4v) is 3.08. The van der Waals surface area contributed by atoms with Crippen molar-refractivity contribution in [1.29, 1.82) is 0 Å². The van der Waals surface area contributed by atoms with Crippen LogP contribution in [0.15, 0.2) is 12.4 Å². The summed E-state index contributed by atoms with van der Waals surface area (Å²) >= 11 is 0. The topological polar surface area (TPSA) is 39.5 Å². The monoisotopic (exact) mass is 251 g/mol. The van der Waals surface area contributed by atoms with Crippen LogP contribution in [0.3, 0.4) is 0 Å². The van der Waals surface area contributed by atoms with Gasteiger partial charge in [-0.2, -0.15) is 0 Å². The maximum atomic E-state index is 5.76. The summed E-state index contributed by atoms with van der Waals surface area (Å²) in [7, 11) is 4.16. The molecule has 0 bridgehead atoms. The predicted octanol–water partition coefficient (Wildman–Crippen LogP) is 1.54. The standard InChI is InChI=1S/C13H21N3O2/c1-15-8-7-14-12(15)16(2)11-3-5-13(6-4-11)17-9-10-18-13/h7-8,11H,3-6,9-10H2,1-2H3. The molecule has 1 aliphatic carbocycles. The molecule has 1 saturated carbocycles. The number of aromatic nitrogens is 2. The molecule has 0 atom stereocenters. The van der Waals surface area contributed by atoms with Gasteiger partial charge in [-0.1, -0.05) is 0 Å². The highest BCUT2D eigenvalue weighted by molar-refractivity contribution is 5.31. The Morgan fingerprint density at radius 1 is 1.33 bits per heavy atom. The van der Waals surface area contributed by atoms with E-state index in [2.05, 4.69) is 21.5 Å². The van der Waals surface area contributed by atoms with Crippen molar-refractivity contribution < 1.29 is 9.47 Å². The molecule has 1 aliphatic heterocycles. The Morgan fingerprint density at radius 3 is 2.56 bits per heavy atom. The van der Waals surface area contributed by atoms with E-state index in [4.69, 9.17) is 9.47 Å². The Balaban J connectivity index is 1.64. The SMILES string of the molecule is CN(c1nccn1C)C1CCC2(CC1)OCCO2. The van der Waals surface area contributed by atoms with E-state index in [0.29, 0.717) is 6.04 Å². The summed E-state index contributed by atoms with van der Waals surface area (Å²) in [5, 5.41) is 0. The number of aryl methyl sites for hydroxylation is 1. The second-order valence-electron chi connectivity index (χ2n) is 5.29. The van der Waals surface area contributed by atoms with Crippen LogP contribution < -0.4 is 4.90 Å². The van der Waals surface area contributed by atoms with Crippen molar-refractivity contribution in [2.24, 2.45) is 7.05 Å². The van der Waals surface area contributed by atoms with Crippen molar-refractivity contribution in [3.05, 3.63) is 12.4 Å². The zero-order valence-corrected chi connectivity index (χ0v) is 11.1. The molecule has 1 saturated heterocycles. The third-order valence-corrected chi connectivity index (χ3v) is 4.19. The smallest absolute Gasteiger partial charge is 0.205 e. The molecule has 0 unspecified atom stereocenters. The lowest BCUT2D eigenvalue weighted by Gasteiger charge is -2.39. The maximum Gasteiger partial charge on any atom is 0.205 e. The Hall–Kier alpha value is -1.07. The lowest BCUT2D eigenvalue weighted by atomic mass is 9.89. The fourth-order valence-electron chi connectivity index (χ4n) is 3.08. The molecule has 3 rings (SSSR count). The van der Waals surface area contributed by atoms with E-state index >= 15 is 0 Å². The summed E-state index contributed by atoms with van der Waals surface area (Å²) in [6.45, 7) is 1.50. The van der Waals surface area contributed by atoms with Gasteiger partial charge in [-0.05, 0) is 12.8 Å². The van der Waals surface area contributed by atoms with Gasteiger partial charge >= 0.3 is 0 Å². The minimum Gasteiger partial charge on any atom is -0.348 e. The largest absolute Gasteiger partial charge is 0.348 e. The second kappa shape index (κ2) is 4.55. The summed E-state index contributed by atoms with van der Waals surface area (Å²) < 4.78 is 13.6. The molecule has 0 aromatic carbocycles. The van der Waals surface area contributed by atoms with Gasteiger partial charge in [0, 0.05) is 45.4 Å². The van der Waals surface area contributed by atoms with Crippen LogP contribution in [0.25, 0.3) is 0 Å². The Morgan fingerprint density at radius 2 is 2.00 bits per heavy atom. The predicted molar refractivity (Wildman–Crippen MR) is 68.5 cm³/mol. The molecule has 18 heavy (non-hydrogen) atoms. The first-order chi connectivity index (χ1) is 8.70. The van der Waals surface area contributed by atoms with E-state index in [0.717, 1.165) is 44.8 Å². The van der Waals surface area contributed by atoms with Gasteiger partial charge in [-0.3, -0.25) is 0 Å². The zero-order valence-electron chi connectivity index (χ0n) is 11.1. The fraction of sp³-hybridized carbons (Fsp3) is 0.769. The molecular formula is C13H21N3O2.